The van der Waals surface area contributed by atoms with Crippen LogP contribution in [0.2, 0.25) is 0 Å². The van der Waals surface area contributed by atoms with Crippen molar-refractivity contribution in [2.45, 2.75) is 11.1 Å². The summed E-state index contributed by atoms with van der Waals surface area (Å²) in [6.07, 6.45) is -1.66. The minimum Gasteiger partial charge on any atom is -0.362 e. The largest absolute Gasteiger partial charge is 0.493 e. The molecule has 16 heteroatoms. The molecular formula is C30H18F5N5O5S. The Morgan fingerprint density at radius 3 is 2.30 bits per heavy atom. The van der Waals surface area contributed by atoms with Gasteiger partial charge in [0, 0.05) is 48.1 Å². The first kappa shape index (κ1) is 30.4. The molecule has 0 amide bonds. The summed E-state index contributed by atoms with van der Waals surface area (Å²) in [7, 11) is -3.26. The third kappa shape index (κ3) is 5.65. The quantitative estimate of drug-likeness (QED) is 0.142. The summed E-state index contributed by atoms with van der Waals surface area (Å²) in [4.78, 5) is 19.8. The van der Waals surface area contributed by atoms with Crippen LogP contribution in [0.15, 0.2) is 101 Å². The summed E-state index contributed by atoms with van der Waals surface area (Å²) < 4.78 is 99.9. The maximum atomic E-state index is 14.0. The molecule has 0 aliphatic rings. The minimum atomic E-state index is -5.51. The number of hydrogen-bond donors (Lipinski definition) is 0. The fourth-order valence-corrected chi connectivity index (χ4v) is 5.99. The van der Waals surface area contributed by atoms with E-state index in [1.165, 1.54) is 30.5 Å². The zero-order chi connectivity index (χ0) is 32.8. The van der Waals surface area contributed by atoms with Gasteiger partial charge < -0.3 is 9.36 Å². The number of fused-ring (bicyclic) bond motifs is 1. The molecule has 0 saturated heterocycles. The highest BCUT2D eigenvalue weighted by Gasteiger charge is 2.45. The van der Waals surface area contributed by atoms with E-state index in [0.29, 0.717) is 38.9 Å². The molecule has 0 spiro atoms. The van der Waals surface area contributed by atoms with Gasteiger partial charge in [0.2, 0.25) is 5.82 Å². The highest BCUT2D eigenvalue weighted by molar-refractivity contribution is 7.92. The molecule has 3 aromatic heterocycles. The van der Waals surface area contributed by atoms with Crippen LogP contribution in [0.5, 0.6) is 0 Å². The molecule has 0 aliphatic carbocycles. The summed E-state index contributed by atoms with van der Waals surface area (Å²) >= 11 is 0. The average molecular weight is 656 g/mol. The van der Waals surface area contributed by atoms with Gasteiger partial charge in [0.1, 0.15) is 17.9 Å². The van der Waals surface area contributed by atoms with Crippen LogP contribution in [0.1, 0.15) is 0 Å². The predicted molar refractivity (Wildman–Crippen MR) is 153 cm³/mol. The molecule has 6 rings (SSSR count). The molecule has 6 aromatic rings. The van der Waals surface area contributed by atoms with Gasteiger partial charge in [0.05, 0.1) is 16.3 Å². The van der Waals surface area contributed by atoms with Crippen molar-refractivity contribution in [3.63, 3.8) is 0 Å². The molecule has 0 unspecified atom stereocenters. The summed E-state index contributed by atoms with van der Waals surface area (Å²) in [6, 6.07) is 16.0. The molecule has 0 bridgehead atoms. The molecule has 3 aromatic carbocycles. The van der Waals surface area contributed by atoms with E-state index in [-0.39, 0.29) is 10.0 Å². The number of sulfonamides is 1. The standard InChI is InChI=1S/C30H18F5N5O5S/c1-39-26(7-10-37-39)25-15-17(19-12-20(31)16-21(32)13-19)2-4-24(25)28-23-5-3-22(14-18(23)6-9-36-28)46(42,43)40(27-8-11-44-38-27)45-29(41)30(33,34)35/h2-16H,1H3. The lowest BCUT2D eigenvalue weighted by atomic mass is 9.93. The second-order valence-electron chi connectivity index (χ2n) is 9.77. The number of aryl methyl sites for hydroxylation is 1. The molecule has 10 nitrogen and oxygen atoms in total. The lowest BCUT2D eigenvalue weighted by molar-refractivity contribution is -0.199. The van der Waals surface area contributed by atoms with Gasteiger partial charge in [-0.25, -0.2) is 13.6 Å². The van der Waals surface area contributed by atoms with Gasteiger partial charge in [-0.3, -0.25) is 9.67 Å². The van der Waals surface area contributed by atoms with E-state index in [1.54, 1.807) is 42.2 Å². The van der Waals surface area contributed by atoms with Gasteiger partial charge in [-0.05, 0) is 59.0 Å². The zero-order valence-corrected chi connectivity index (χ0v) is 24.1. The minimum absolute atomic E-state index is 0.274. The van der Waals surface area contributed by atoms with E-state index in [2.05, 4.69) is 24.6 Å². The van der Waals surface area contributed by atoms with Crippen LogP contribution in [-0.4, -0.2) is 40.5 Å². The predicted octanol–water partition coefficient (Wildman–Crippen LogP) is 6.45. The molecule has 234 valence electrons. The number of aromatic nitrogens is 4. The lowest BCUT2D eigenvalue weighted by Crippen LogP contribution is -2.39. The van der Waals surface area contributed by atoms with E-state index in [9.17, 15) is 35.2 Å². The molecule has 3 heterocycles. The summed E-state index contributed by atoms with van der Waals surface area (Å²) in [5.41, 5.74) is 2.92. The Morgan fingerprint density at radius 1 is 0.891 bits per heavy atom. The van der Waals surface area contributed by atoms with E-state index < -0.39 is 44.5 Å². The number of rotatable bonds is 7. The first-order valence-electron chi connectivity index (χ1n) is 13.1. The molecule has 0 fully saturated rings. The third-order valence-electron chi connectivity index (χ3n) is 6.83. The van der Waals surface area contributed by atoms with Crippen LogP contribution < -0.4 is 4.47 Å². The van der Waals surface area contributed by atoms with E-state index in [1.807, 2.05) is 0 Å². The molecule has 46 heavy (non-hydrogen) atoms. The third-order valence-corrected chi connectivity index (χ3v) is 8.38. The highest BCUT2D eigenvalue weighted by Crippen LogP contribution is 2.38. The van der Waals surface area contributed by atoms with Gasteiger partial charge >= 0.3 is 12.1 Å². The lowest BCUT2D eigenvalue weighted by Gasteiger charge is -2.20. The first-order valence-corrected chi connectivity index (χ1v) is 14.5. The topological polar surface area (TPSA) is 120 Å². The van der Waals surface area contributed by atoms with Crippen LogP contribution in [0.4, 0.5) is 27.8 Å². The van der Waals surface area contributed by atoms with Crippen molar-refractivity contribution >= 4 is 32.6 Å². The van der Waals surface area contributed by atoms with Gasteiger partial charge in [-0.1, -0.05) is 27.8 Å². The number of alkyl halides is 3. The van der Waals surface area contributed by atoms with Crippen LogP contribution in [0.3, 0.4) is 0 Å². The van der Waals surface area contributed by atoms with Gasteiger partial charge in [0.25, 0.3) is 10.0 Å². The summed E-state index contributed by atoms with van der Waals surface area (Å²) in [5.74, 6) is -5.03. The monoisotopic (exact) mass is 655 g/mol. The van der Waals surface area contributed by atoms with Crippen molar-refractivity contribution in [2.75, 3.05) is 4.47 Å². The van der Waals surface area contributed by atoms with Crippen LogP contribution in [-0.2, 0) is 26.7 Å². The average Bonchev–Trinajstić information content (AvgIpc) is 3.70. The Hall–Kier alpha value is -5.64. The Morgan fingerprint density at radius 2 is 1.65 bits per heavy atom. The molecule has 0 atom stereocenters. The molecule has 0 N–H and O–H groups in total. The van der Waals surface area contributed by atoms with Crippen molar-refractivity contribution in [1.29, 1.82) is 0 Å². The maximum absolute atomic E-state index is 14.0. The number of nitrogens with zero attached hydrogens (tertiary/aromatic N) is 5. The fourth-order valence-electron chi connectivity index (χ4n) is 4.77. The first-order chi connectivity index (χ1) is 21.8. The second-order valence-corrected chi connectivity index (χ2v) is 11.5. The van der Waals surface area contributed by atoms with Gasteiger partial charge in [-0.2, -0.15) is 26.7 Å². The van der Waals surface area contributed by atoms with E-state index >= 15 is 0 Å². The highest BCUT2D eigenvalue weighted by atomic mass is 32.2. The van der Waals surface area contributed by atoms with E-state index in [4.69, 9.17) is 0 Å². The molecule has 0 radical (unpaired) electrons. The van der Waals surface area contributed by atoms with Crippen molar-refractivity contribution in [1.82, 2.24) is 19.9 Å². The van der Waals surface area contributed by atoms with Crippen LogP contribution >= 0.6 is 0 Å². The zero-order valence-electron chi connectivity index (χ0n) is 23.2. The number of anilines is 1. The molecular weight excluding hydrogens is 637 g/mol. The fraction of sp³-hybridized carbons (Fsp3) is 0.0667. The number of halogens is 5. The van der Waals surface area contributed by atoms with Crippen molar-refractivity contribution in [3.05, 3.63) is 103 Å². The SMILES string of the molecule is Cn1nccc1-c1cc(-c2cc(F)cc(F)c2)ccc1-c1nccc2cc(S(=O)(=O)N(OC(=O)C(F)(F)F)c3ccon3)ccc12. The Kier molecular flexibility index (Phi) is 7.51. The summed E-state index contributed by atoms with van der Waals surface area (Å²) in [5, 5.41) is 8.27. The number of hydrogen-bond acceptors (Lipinski definition) is 8. The Balaban J connectivity index is 1.47. The van der Waals surface area contributed by atoms with Gasteiger partial charge in [-0.15, -0.1) is 0 Å². The molecule has 0 aliphatic heterocycles. The van der Waals surface area contributed by atoms with Crippen molar-refractivity contribution in [3.8, 4) is 33.6 Å². The van der Waals surface area contributed by atoms with Gasteiger partial charge in [0.15, 0.2) is 0 Å². The van der Waals surface area contributed by atoms with Crippen molar-refractivity contribution in [2.24, 2.45) is 7.05 Å². The number of carbonyl (C=O) groups is 1. The maximum Gasteiger partial charge on any atom is 0.493 e. The second kappa shape index (κ2) is 11.4. The number of carbonyl (C=O) groups excluding carboxylic acids is 1. The number of benzene rings is 3. The Bertz CT molecular complexity index is 2200. The Labute approximate surface area is 256 Å². The summed E-state index contributed by atoms with van der Waals surface area (Å²) in [6.45, 7) is 0. The molecule has 0 saturated carbocycles. The van der Waals surface area contributed by atoms with Crippen molar-refractivity contribution < 1.29 is 44.5 Å². The van der Waals surface area contributed by atoms with Crippen LogP contribution in [0.25, 0.3) is 44.4 Å². The smallest absolute Gasteiger partial charge is 0.362 e. The number of pyridine rings is 1. The van der Waals surface area contributed by atoms with Crippen LogP contribution in [0, 0.1) is 11.6 Å². The van der Waals surface area contributed by atoms with E-state index in [0.717, 1.165) is 30.5 Å². The normalized spacial score (nSPS) is 12.0.